The molecule has 0 fully saturated rings. The Balaban J connectivity index is 2.20. The molecule has 7 heteroatoms. The number of hydrogen-bond acceptors (Lipinski definition) is 6. The third-order valence-corrected chi connectivity index (χ3v) is 4.18. The van der Waals surface area contributed by atoms with E-state index in [2.05, 4.69) is 0 Å². The standard InChI is InChI=1S/C21H25NO6/c1-6-22(16-10-8-7-9-11-16)20(23)14(2)28-21(24)15-12-17(25-3)19(27-5)18(13-15)26-4/h7-14H,6H2,1-5H3. The minimum Gasteiger partial charge on any atom is -0.493 e. The molecule has 0 bridgehead atoms. The van der Waals surface area contributed by atoms with Crippen LogP contribution in [0.4, 0.5) is 5.69 Å². The number of nitrogens with zero attached hydrogens (tertiary/aromatic N) is 1. The summed E-state index contributed by atoms with van der Waals surface area (Å²) in [6.45, 7) is 3.86. The van der Waals surface area contributed by atoms with Gasteiger partial charge in [-0.3, -0.25) is 4.79 Å². The number of para-hydroxylation sites is 1. The third kappa shape index (κ3) is 4.54. The Bertz CT molecular complexity index is 796. The van der Waals surface area contributed by atoms with Gasteiger partial charge in [0.15, 0.2) is 17.6 Å². The summed E-state index contributed by atoms with van der Waals surface area (Å²) in [5, 5.41) is 0. The zero-order valence-electron chi connectivity index (χ0n) is 16.7. The highest BCUT2D eigenvalue weighted by Gasteiger charge is 2.26. The van der Waals surface area contributed by atoms with Crippen LogP contribution in [-0.4, -0.2) is 45.9 Å². The van der Waals surface area contributed by atoms with Crippen molar-refractivity contribution in [3.8, 4) is 17.2 Å². The van der Waals surface area contributed by atoms with Gasteiger partial charge in [-0.1, -0.05) is 18.2 Å². The Morgan fingerprint density at radius 2 is 1.54 bits per heavy atom. The molecular formula is C21H25NO6. The average molecular weight is 387 g/mol. The smallest absolute Gasteiger partial charge is 0.339 e. The van der Waals surface area contributed by atoms with Crippen LogP contribution in [0.5, 0.6) is 17.2 Å². The van der Waals surface area contributed by atoms with Crippen LogP contribution in [0.2, 0.25) is 0 Å². The lowest BCUT2D eigenvalue weighted by molar-refractivity contribution is -0.126. The maximum absolute atomic E-state index is 12.8. The van der Waals surface area contributed by atoms with Crippen LogP contribution in [0, 0.1) is 0 Å². The number of rotatable bonds is 8. The Kier molecular flexibility index (Phi) is 7.26. The van der Waals surface area contributed by atoms with Crippen LogP contribution in [0.25, 0.3) is 0 Å². The predicted octanol–water partition coefficient (Wildman–Crippen LogP) is 3.31. The van der Waals surface area contributed by atoms with E-state index < -0.39 is 12.1 Å². The fourth-order valence-electron chi connectivity index (χ4n) is 2.77. The first kappa shape index (κ1) is 21.1. The van der Waals surface area contributed by atoms with Crippen LogP contribution in [0.3, 0.4) is 0 Å². The molecule has 2 aromatic rings. The molecule has 28 heavy (non-hydrogen) atoms. The van der Waals surface area contributed by atoms with E-state index in [0.717, 1.165) is 5.69 Å². The zero-order chi connectivity index (χ0) is 20.7. The van der Waals surface area contributed by atoms with Crippen LogP contribution in [-0.2, 0) is 9.53 Å². The highest BCUT2D eigenvalue weighted by molar-refractivity contribution is 5.99. The molecule has 0 spiro atoms. The summed E-state index contributed by atoms with van der Waals surface area (Å²) >= 11 is 0. The number of likely N-dealkylation sites (N-methyl/N-ethyl adjacent to an activating group) is 1. The lowest BCUT2D eigenvalue weighted by atomic mass is 10.1. The predicted molar refractivity (Wildman–Crippen MR) is 105 cm³/mol. The number of amides is 1. The van der Waals surface area contributed by atoms with E-state index in [0.29, 0.717) is 23.8 Å². The molecule has 0 aliphatic heterocycles. The molecule has 0 saturated carbocycles. The Morgan fingerprint density at radius 3 is 2.00 bits per heavy atom. The van der Waals surface area contributed by atoms with Gasteiger partial charge >= 0.3 is 5.97 Å². The number of carbonyl (C=O) groups is 2. The van der Waals surface area contributed by atoms with Gasteiger partial charge in [-0.15, -0.1) is 0 Å². The molecule has 2 aromatic carbocycles. The van der Waals surface area contributed by atoms with Gasteiger partial charge in [0.05, 0.1) is 26.9 Å². The molecule has 1 amide bonds. The summed E-state index contributed by atoms with van der Waals surface area (Å²) in [5.41, 5.74) is 0.933. The molecular weight excluding hydrogens is 362 g/mol. The van der Waals surface area contributed by atoms with E-state index in [1.807, 2.05) is 37.3 Å². The minimum absolute atomic E-state index is 0.192. The second-order valence-electron chi connectivity index (χ2n) is 5.88. The van der Waals surface area contributed by atoms with Gasteiger partial charge in [0.25, 0.3) is 5.91 Å². The minimum atomic E-state index is -0.966. The molecule has 150 valence electrons. The summed E-state index contributed by atoms with van der Waals surface area (Å²) in [6, 6.07) is 12.2. The van der Waals surface area contributed by atoms with Crippen molar-refractivity contribution in [2.75, 3.05) is 32.8 Å². The molecule has 0 aromatic heterocycles. The molecule has 2 rings (SSSR count). The largest absolute Gasteiger partial charge is 0.493 e. The van der Waals surface area contributed by atoms with Gasteiger partial charge in [0, 0.05) is 12.2 Å². The van der Waals surface area contributed by atoms with Crippen LogP contribution >= 0.6 is 0 Å². The summed E-state index contributed by atoms with van der Waals surface area (Å²) in [7, 11) is 4.39. The van der Waals surface area contributed by atoms with Crippen molar-refractivity contribution in [3.05, 3.63) is 48.0 Å². The molecule has 0 aliphatic rings. The van der Waals surface area contributed by atoms with E-state index in [9.17, 15) is 9.59 Å². The number of benzene rings is 2. The fraction of sp³-hybridized carbons (Fsp3) is 0.333. The number of anilines is 1. The van der Waals surface area contributed by atoms with Crippen molar-refractivity contribution in [2.45, 2.75) is 20.0 Å². The Labute approximate surface area is 164 Å². The van der Waals surface area contributed by atoms with E-state index in [-0.39, 0.29) is 11.5 Å². The zero-order valence-corrected chi connectivity index (χ0v) is 16.7. The van der Waals surface area contributed by atoms with E-state index in [1.54, 1.807) is 11.8 Å². The normalized spacial score (nSPS) is 11.3. The summed E-state index contributed by atoms with van der Waals surface area (Å²) < 4.78 is 21.1. The van der Waals surface area contributed by atoms with Crippen LogP contribution in [0.15, 0.2) is 42.5 Å². The highest BCUT2D eigenvalue weighted by atomic mass is 16.6. The van der Waals surface area contributed by atoms with E-state index in [1.165, 1.54) is 33.5 Å². The van der Waals surface area contributed by atoms with Gasteiger partial charge in [-0.2, -0.15) is 0 Å². The number of carbonyl (C=O) groups excluding carboxylic acids is 2. The molecule has 0 heterocycles. The van der Waals surface area contributed by atoms with E-state index >= 15 is 0 Å². The van der Waals surface area contributed by atoms with Crippen molar-refractivity contribution in [2.24, 2.45) is 0 Å². The lowest BCUT2D eigenvalue weighted by Gasteiger charge is -2.24. The van der Waals surface area contributed by atoms with Gasteiger partial charge in [0.1, 0.15) is 0 Å². The first-order chi connectivity index (χ1) is 13.5. The monoisotopic (exact) mass is 387 g/mol. The fourth-order valence-corrected chi connectivity index (χ4v) is 2.77. The van der Waals surface area contributed by atoms with Gasteiger partial charge in [0.2, 0.25) is 5.75 Å². The molecule has 0 N–H and O–H groups in total. The maximum Gasteiger partial charge on any atom is 0.339 e. The molecule has 0 radical (unpaired) electrons. The number of esters is 1. The number of methoxy groups -OCH3 is 3. The Morgan fingerprint density at radius 1 is 0.964 bits per heavy atom. The third-order valence-electron chi connectivity index (χ3n) is 4.18. The second kappa shape index (κ2) is 9.64. The molecule has 0 saturated heterocycles. The number of hydrogen-bond donors (Lipinski definition) is 0. The van der Waals surface area contributed by atoms with Gasteiger partial charge in [-0.25, -0.2) is 4.79 Å². The lowest BCUT2D eigenvalue weighted by Crippen LogP contribution is -2.40. The van der Waals surface area contributed by atoms with Crippen molar-refractivity contribution in [1.82, 2.24) is 0 Å². The van der Waals surface area contributed by atoms with Gasteiger partial charge < -0.3 is 23.8 Å². The van der Waals surface area contributed by atoms with Crippen molar-refractivity contribution >= 4 is 17.6 Å². The molecule has 0 aliphatic carbocycles. The summed E-state index contributed by atoms with van der Waals surface area (Å²) in [4.78, 5) is 26.9. The second-order valence-corrected chi connectivity index (χ2v) is 5.88. The van der Waals surface area contributed by atoms with Gasteiger partial charge in [-0.05, 0) is 38.1 Å². The first-order valence-electron chi connectivity index (χ1n) is 8.84. The Hall–Kier alpha value is -3.22. The van der Waals surface area contributed by atoms with Crippen LogP contribution in [0.1, 0.15) is 24.2 Å². The first-order valence-corrected chi connectivity index (χ1v) is 8.84. The molecule has 7 nitrogen and oxygen atoms in total. The summed E-state index contributed by atoms with van der Waals surface area (Å²) in [6.07, 6.45) is -0.966. The van der Waals surface area contributed by atoms with Crippen molar-refractivity contribution < 1.29 is 28.5 Å². The van der Waals surface area contributed by atoms with E-state index in [4.69, 9.17) is 18.9 Å². The van der Waals surface area contributed by atoms with Crippen LogP contribution < -0.4 is 19.1 Å². The average Bonchev–Trinajstić information content (AvgIpc) is 2.73. The molecule has 1 unspecified atom stereocenters. The number of ether oxygens (including phenoxy) is 4. The maximum atomic E-state index is 12.8. The topological polar surface area (TPSA) is 74.3 Å². The quantitative estimate of drug-likeness (QED) is 0.647. The summed E-state index contributed by atoms with van der Waals surface area (Å²) in [5.74, 6) is 0.0464. The van der Waals surface area contributed by atoms with Crippen molar-refractivity contribution in [3.63, 3.8) is 0 Å². The SMILES string of the molecule is CCN(C(=O)C(C)OC(=O)c1cc(OC)c(OC)c(OC)c1)c1ccccc1. The molecule has 1 atom stereocenters. The van der Waals surface area contributed by atoms with Crippen molar-refractivity contribution in [1.29, 1.82) is 0 Å². The highest BCUT2D eigenvalue weighted by Crippen LogP contribution is 2.38.